The van der Waals surface area contributed by atoms with Crippen LogP contribution in [0, 0.1) is 0 Å². The van der Waals surface area contributed by atoms with Crippen LogP contribution >= 0.6 is 0 Å². The van der Waals surface area contributed by atoms with Gasteiger partial charge in [0, 0.05) is 18.7 Å². The number of nitrogens with two attached hydrogens (primary N) is 1. The largest absolute Gasteiger partial charge is 0.379 e. The Kier molecular flexibility index (Phi) is 6.34. The zero-order valence-corrected chi connectivity index (χ0v) is 15.0. The van der Waals surface area contributed by atoms with E-state index in [1.54, 1.807) is 18.2 Å². The van der Waals surface area contributed by atoms with Crippen LogP contribution in [0.5, 0.6) is 0 Å². The molecule has 1 heterocycles. The van der Waals surface area contributed by atoms with E-state index in [9.17, 15) is 13.2 Å². The number of quaternary nitrogens is 1. The minimum atomic E-state index is -3.51. The van der Waals surface area contributed by atoms with Gasteiger partial charge in [0.1, 0.15) is 6.54 Å². The van der Waals surface area contributed by atoms with Gasteiger partial charge in [-0.1, -0.05) is 12.1 Å². The van der Waals surface area contributed by atoms with Gasteiger partial charge in [0.2, 0.25) is 10.0 Å². The maximum Gasteiger partial charge on any atom is 0.272 e. The van der Waals surface area contributed by atoms with Gasteiger partial charge in [-0.2, -0.15) is 4.31 Å². The maximum atomic E-state index is 12.7. The molecule has 0 bridgehead atoms. The quantitative estimate of drug-likeness (QED) is 0.654. The molecule has 1 aromatic rings. The summed E-state index contributed by atoms with van der Waals surface area (Å²) in [6.45, 7) is 6.37. The molecule has 1 unspecified atom stereocenters. The van der Waals surface area contributed by atoms with E-state index in [0.717, 1.165) is 10.5 Å². The van der Waals surface area contributed by atoms with E-state index >= 15 is 0 Å². The first-order valence-corrected chi connectivity index (χ1v) is 9.54. The monoisotopic (exact) mass is 356 g/mol. The van der Waals surface area contributed by atoms with Crippen molar-refractivity contribution in [2.45, 2.75) is 31.3 Å². The molecule has 0 spiro atoms. The van der Waals surface area contributed by atoms with Gasteiger partial charge in [-0.05, 0) is 26.0 Å². The molecule has 0 aromatic heterocycles. The molecule has 1 aliphatic rings. The fraction of sp³-hybridized carbons (Fsp3) is 0.562. The number of carbonyl (C=O) groups is 1. The van der Waals surface area contributed by atoms with Crippen LogP contribution in [0.3, 0.4) is 0 Å². The first-order valence-electron chi connectivity index (χ1n) is 8.10. The molecule has 2 rings (SSSR count). The summed E-state index contributed by atoms with van der Waals surface area (Å²) in [6.07, 6.45) is 0. The van der Waals surface area contributed by atoms with Crippen LogP contribution in [-0.2, 0) is 26.1 Å². The van der Waals surface area contributed by atoms with Crippen LogP contribution in [0.1, 0.15) is 19.4 Å². The SMILES string of the molecule is CC(C)[NH+](CC(N)=O)Cc1cccc(S(=O)(=O)N2CCOCC2)c1. The lowest BCUT2D eigenvalue weighted by molar-refractivity contribution is -0.927. The Morgan fingerprint density at radius 1 is 1.33 bits per heavy atom. The van der Waals surface area contributed by atoms with E-state index < -0.39 is 10.0 Å². The predicted molar refractivity (Wildman–Crippen MR) is 89.9 cm³/mol. The van der Waals surface area contributed by atoms with Gasteiger partial charge in [-0.3, -0.25) is 4.79 Å². The second kappa shape index (κ2) is 8.06. The van der Waals surface area contributed by atoms with Crippen LogP contribution in [0.4, 0.5) is 0 Å². The van der Waals surface area contributed by atoms with Crippen LogP contribution < -0.4 is 10.6 Å². The lowest BCUT2D eigenvalue weighted by Gasteiger charge is -2.26. The molecule has 24 heavy (non-hydrogen) atoms. The summed E-state index contributed by atoms with van der Waals surface area (Å²) >= 11 is 0. The number of morpholine rings is 1. The van der Waals surface area contributed by atoms with Crippen molar-refractivity contribution in [1.29, 1.82) is 0 Å². The molecule has 8 heteroatoms. The van der Waals surface area contributed by atoms with Crippen LogP contribution in [0.2, 0.25) is 0 Å². The summed E-state index contributed by atoms with van der Waals surface area (Å²) in [5.74, 6) is -0.365. The Hall–Kier alpha value is -1.48. The Balaban J connectivity index is 2.20. The van der Waals surface area contributed by atoms with Crippen molar-refractivity contribution in [3.63, 3.8) is 0 Å². The predicted octanol–water partition coefficient (Wildman–Crippen LogP) is -1.01. The molecular weight excluding hydrogens is 330 g/mol. The van der Waals surface area contributed by atoms with E-state index in [0.29, 0.717) is 32.8 Å². The van der Waals surface area contributed by atoms with Crippen molar-refractivity contribution in [1.82, 2.24) is 4.31 Å². The third-order valence-electron chi connectivity index (χ3n) is 4.16. The number of rotatable bonds is 7. The molecule has 0 aliphatic carbocycles. The van der Waals surface area contributed by atoms with Gasteiger partial charge in [0.25, 0.3) is 5.91 Å². The topological polar surface area (TPSA) is 94.1 Å². The first kappa shape index (κ1) is 18.9. The summed E-state index contributed by atoms with van der Waals surface area (Å²) in [7, 11) is -3.51. The lowest BCUT2D eigenvalue weighted by Crippen LogP contribution is -3.14. The zero-order valence-electron chi connectivity index (χ0n) is 14.2. The second-order valence-electron chi connectivity index (χ2n) is 6.30. The Labute approximate surface area is 143 Å². The van der Waals surface area contributed by atoms with Gasteiger partial charge >= 0.3 is 0 Å². The highest BCUT2D eigenvalue weighted by molar-refractivity contribution is 7.89. The smallest absolute Gasteiger partial charge is 0.272 e. The molecule has 7 nitrogen and oxygen atoms in total. The normalized spacial score (nSPS) is 17.8. The molecule has 1 aromatic carbocycles. The zero-order chi connectivity index (χ0) is 17.7. The Morgan fingerprint density at radius 2 is 2.00 bits per heavy atom. The molecule has 3 N–H and O–H groups in total. The molecule has 1 fully saturated rings. The number of hydrogen-bond donors (Lipinski definition) is 2. The third-order valence-corrected chi connectivity index (χ3v) is 6.05. The summed E-state index contributed by atoms with van der Waals surface area (Å²) in [6, 6.07) is 7.12. The van der Waals surface area contributed by atoms with Crippen molar-refractivity contribution in [2.75, 3.05) is 32.8 Å². The lowest BCUT2D eigenvalue weighted by atomic mass is 10.2. The van der Waals surface area contributed by atoms with Gasteiger partial charge in [-0.25, -0.2) is 8.42 Å². The third kappa shape index (κ3) is 4.76. The molecular formula is C16H26N3O4S+. The van der Waals surface area contributed by atoms with Crippen molar-refractivity contribution >= 4 is 15.9 Å². The fourth-order valence-corrected chi connectivity index (χ4v) is 4.19. The number of primary amides is 1. The summed E-state index contributed by atoms with van der Waals surface area (Å²) in [4.78, 5) is 12.5. The van der Waals surface area contributed by atoms with Crippen LogP contribution in [0.25, 0.3) is 0 Å². The summed E-state index contributed by atoms with van der Waals surface area (Å²) in [5, 5.41) is 0. The van der Waals surface area contributed by atoms with Gasteiger partial charge < -0.3 is 15.4 Å². The molecule has 134 valence electrons. The number of amides is 1. The van der Waals surface area contributed by atoms with Crippen molar-refractivity contribution in [3.05, 3.63) is 29.8 Å². The van der Waals surface area contributed by atoms with E-state index in [1.807, 2.05) is 19.9 Å². The maximum absolute atomic E-state index is 12.7. The molecule has 1 saturated heterocycles. The van der Waals surface area contributed by atoms with E-state index in [1.165, 1.54) is 4.31 Å². The number of ether oxygens (including phenoxy) is 1. The number of nitrogens with zero attached hydrogens (tertiary/aromatic N) is 1. The number of nitrogens with one attached hydrogen (secondary N) is 1. The fourth-order valence-electron chi connectivity index (χ4n) is 2.71. The first-order chi connectivity index (χ1) is 11.3. The number of benzene rings is 1. The van der Waals surface area contributed by atoms with Crippen LogP contribution in [0.15, 0.2) is 29.2 Å². The van der Waals surface area contributed by atoms with Gasteiger partial charge in [-0.15, -0.1) is 0 Å². The number of carbonyl (C=O) groups excluding carboxylic acids is 1. The minimum Gasteiger partial charge on any atom is -0.379 e. The highest BCUT2D eigenvalue weighted by Gasteiger charge is 2.27. The van der Waals surface area contributed by atoms with E-state index in [2.05, 4.69) is 0 Å². The number of hydrogen-bond acceptors (Lipinski definition) is 4. The Morgan fingerprint density at radius 3 is 2.58 bits per heavy atom. The number of sulfonamides is 1. The van der Waals surface area contributed by atoms with Gasteiger partial charge in [0.15, 0.2) is 6.54 Å². The highest BCUT2D eigenvalue weighted by Crippen LogP contribution is 2.18. The standard InChI is InChI=1S/C16H25N3O4S/c1-13(2)18(12-16(17)20)11-14-4-3-5-15(10-14)24(21,22)19-6-8-23-9-7-19/h3-5,10,13H,6-9,11-12H2,1-2H3,(H2,17,20)/p+1. The van der Waals surface area contributed by atoms with E-state index in [4.69, 9.17) is 10.5 Å². The summed E-state index contributed by atoms with van der Waals surface area (Å²) in [5.41, 5.74) is 6.18. The molecule has 1 aliphatic heterocycles. The van der Waals surface area contributed by atoms with Crippen LogP contribution in [-0.4, -0.2) is 57.5 Å². The van der Waals surface area contributed by atoms with Crippen molar-refractivity contribution in [3.8, 4) is 0 Å². The van der Waals surface area contributed by atoms with Crippen molar-refractivity contribution in [2.24, 2.45) is 5.73 Å². The molecule has 0 saturated carbocycles. The molecule has 1 atom stereocenters. The highest BCUT2D eigenvalue weighted by atomic mass is 32.2. The average Bonchev–Trinajstić information content (AvgIpc) is 2.55. The molecule has 1 amide bonds. The van der Waals surface area contributed by atoms with E-state index in [-0.39, 0.29) is 23.4 Å². The van der Waals surface area contributed by atoms with Gasteiger partial charge in [0.05, 0.1) is 24.2 Å². The second-order valence-corrected chi connectivity index (χ2v) is 8.23. The molecule has 0 radical (unpaired) electrons. The van der Waals surface area contributed by atoms with Crippen molar-refractivity contribution < 1.29 is 22.8 Å². The Bertz CT molecular complexity index is 670. The average molecular weight is 356 g/mol. The summed E-state index contributed by atoms with van der Waals surface area (Å²) < 4.78 is 32.1. The minimum absolute atomic E-state index is 0.206.